The number of alkyl halides is 6. The monoisotopic (exact) mass is 388 g/mol. The number of rotatable bonds is 2. The Balaban J connectivity index is 2.47. The second-order valence-electron chi connectivity index (χ2n) is 5.43. The summed E-state index contributed by atoms with van der Waals surface area (Å²) in [6.45, 7) is 0. The molecule has 142 valence electrons. The molecule has 0 unspecified atom stereocenters. The maximum atomic E-state index is 13.3. The fraction of sp³-hybridized carbons (Fsp3) is 0.188. The summed E-state index contributed by atoms with van der Waals surface area (Å²) in [5, 5.41) is 2.59. The van der Waals surface area contributed by atoms with Crippen molar-refractivity contribution in [2.75, 3.05) is 12.4 Å². The number of halogens is 6. The number of hydrogen-bond acceptors (Lipinski definition) is 4. The Kier molecular flexibility index (Phi) is 4.32. The molecule has 0 saturated carbocycles. The summed E-state index contributed by atoms with van der Waals surface area (Å²) in [7, 11) is 1.38. The summed E-state index contributed by atoms with van der Waals surface area (Å²) in [6, 6.07) is 4.48. The summed E-state index contributed by atoms with van der Waals surface area (Å²) >= 11 is 0. The highest BCUT2D eigenvalue weighted by molar-refractivity contribution is 5.90. The van der Waals surface area contributed by atoms with Crippen LogP contribution in [-0.4, -0.2) is 21.6 Å². The Morgan fingerprint density at radius 1 is 1.04 bits per heavy atom. The molecular weight excluding hydrogens is 378 g/mol. The predicted molar refractivity (Wildman–Crippen MR) is 84.7 cm³/mol. The van der Waals surface area contributed by atoms with Gasteiger partial charge in [0, 0.05) is 18.6 Å². The molecule has 1 N–H and O–H groups in total. The van der Waals surface area contributed by atoms with Gasteiger partial charge in [-0.2, -0.15) is 31.3 Å². The van der Waals surface area contributed by atoms with Crippen LogP contribution in [0.15, 0.2) is 41.3 Å². The summed E-state index contributed by atoms with van der Waals surface area (Å²) in [5.74, 6) is -0.0579. The Hall–Kier alpha value is -3.11. The molecule has 0 atom stereocenters. The van der Waals surface area contributed by atoms with Crippen LogP contribution in [0.2, 0.25) is 0 Å². The largest absolute Gasteiger partial charge is 0.435 e. The van der Waals surface area contributed by atoms with Crippen LogP contribution >= 0.6 is 0 Å². The van der Waals surface area contributed by atoms with Crippen molar-refractivity contribution < 1.29 is 26.3 Å². The van der Waals surface area contributed by atoms with Gasteiger partial charge in [0.05, 0.1) is 16.8 Å². The second kappa shape index (κ2) is 6.25. The van der Waals surface area contributed by atoms with E-state index in [9.17, 15) is 31.1 Å². The Bertz CT molecular complexity index is 1070. The van der Waals surface area contributed by atoms with Gasteiger partial charge in [-0.05, 0) is 30.3 Å². The maximum absolute atomic E-state index is 13.3. The third kappa shape index (κ3) is 3.32. The first-order chi connectivity index (χ1) is 12.5. The van der Waals surface area contributed by atoms with Gasteiger partial charge in [0.25, 0.3) is 0 Å². The lowest BCUT2D eigenvalue weighted by atomic mass is 10.1. The van der Waals surface area contributed by atoms with Crippen molar-refractivity contribution in [1.29, 1.82) is 0 Å². The zero-order chi connectivity index (χ0) is 20.0. The average molecular weight is 388 g/mol. The van der Waals surface area contributed by atoms with Gasteiger partial charge < -0.3 is 5.32 Å². The van der Waals surface area contributed by atoms with Crippen LogP contribution in [0.1, 0.15) is 11.3 Å². The number of pyridine rings is 1. The van der Waals surface area contributed by atoms with Crippen molar-refractivity contribution in [1.82, 2.24) is 14.5 Å². The van der Waals surface area contributed by atoms with Gasteiger partial charge in [-0.1, -0.05) is 0 Å². The number of nitrogens with zero attached hydrogens (tertiary/aromatic N) is 3. The highest BCUT2D eigenvalue weighted by Crippen LogP contribution is 2.35. The van der Waals surface area contributed by atoms with Crippen LogP contribution in [0, 0.1) is 0 Å². The SMILES string of the molecule is CNc1nc(=O)n(-c2cccnc2C(F)(F)F)c2cc(C(F)(F)F)ccc12. The molecule has 11 heteroatoms. The number of nitrogens with one attached hydrogen (secondary N) is 1. The smallest absolute Gasteiger partial charge is 0.372 e. The number of aromatic nitrogens is 3. The summed E-state index contributed by atoms with van der Waals surface area (Å²) in [4.78, 5) is 19.3. The number of hydrogen-bond donors (Lipinski definition) is 1. The Labute approximate surface area is 147 Å². The number of benzene rings is 1. The molecule has 0 aliphatic rings. The average Bonchev–Trinajstić information content (AvgIpc) is 2.59. The van der Waals surface area contributed by atoms with Crippen molar-refractivity contribution in [3.63, 3.8) is 0 Å². The molecule has 2 heterocycles. The lowest BCUT2D eigenvalue weighted by Crippen LogP contribution is -2.26. The molecule has 0 radical (unpaired) electrons. The lowest BCUT2D eigenvalue weighted by molar-refractivity contribution is -0.141. The minimum atomic E-state index is -4.92. The van der Waals surface area contributed by atoms with E-state index in [2.05, 4.69) is 15.3 Å². The van der Waals surface area contributed by atoms with E-state index < -0.39 is 35.0 Å². The topological polar surface area (TPSA) is 59.8 Å². The van der Waals surface area contributed by atoms with E-state index in [1.165, 1.54) is 7.05 Å². The minimum Gasteiger partial charge on any atom is -0.372 e. The maximum Gasteiger partial charge on any atom is 0.435 e. The molecule has 2 aromatic heterocycles. The second-order valence-corrected chi connectivity index (χ2v) is 5.43. The molecule has 3 rings (SSSR count). The summed E-state index contributed by atoms with van der Waals surface area (Å²) < 4.78 is 79.6. The van der Waals surface area contributed by atoms with Crippen molar-refractivity contribution in [2.45, 2.75) is 12.4 Å². The van der Waals surface area contributed by atoms with Crippen molar-refractivity contribution in [3.05, 3.63) is 58.3 Å². The van der Waals surface area contributed by atoms with Crippen LogP contribution in [0.25, 0.3) is 16.6 Å². The fourth-order valence-corrected chi connectivity index (χ4v) is 2.62. The third-order valence-electron chi connectivity index (χ3n) is 3.75. The Morgan fingerprint density at radius 2 is 1.74 bits per heavy atom. The summed E-state index contributed by atoms with van der Waals surface area (Å²) in [5.41, 5.74) is -4.80. The van der Waals surface area contributed by atoms with E-state index in [1.54, 1.807) is 0 Å². The third-order valence-corrected chi connectivity index (χ3v) is 3.75. The van der Waals surface area contributed by atoms with Gasteiger partial charge >= 0.3 is 18.0 Å². The van der Waals surface area contributed by atoms with Crippen LogP contribution in [0.3, 0.4) is 0 Å². The zero-order valence-corrected chi connectivity index (χ0v) is 13.5. The highest BCUT2D eigenvalue weighted by Gasteiger charge is 2.37. The van der Waals surface area contributed by atoms with E-state index >= 15 is 0 Å². The molecule has 1 aromatic carbocycles. The fourth-order valence-electron chi connectivity index (χ4n) is 2.62. The van der Waals surface area contributed by atoms with E-state index in [1.807, 2.05) is 0 Å². The van der Waals surface area contributed by atoms with Crippen molar-refractivity contribution in [3.8, 4) is 5.69 Å². The first-order valence-corrected chi connectivity index (χ1v) is 7.38. The van der Waals surface area contributed by atoms with Crippen molar-refractivity contribution in [2.24, 2.45) is 0 Å². The van der Waals surface area contributed by atoms with Gasteiger partial charge in [0.15, 0.2) is 5.69 Å². The van der Waals surface area contributed by atoms with E-state index in [0.29, 0.717) is 10.6 Å². The number of anilines is 1. The molecule has 0 saturated heterocycles. The highest BCUT2D eigenvalue weighted by atomic mass is 19.4. The van der Waals surface area contributed by atoms with Gasteiger partial charge in [0.2, 0.25) is 0 Å². The van der Waals surface area contributed by atoms with E-state index in [-0.39, 0.29) is 16.7 Å². The zero-order valence-electron chi connectivity index (χ0n) is 13.5. The molecular formula is C16H10F6N4O. The van der Waals surface area contributed by atoms with Gasteiger partial charge in [-0.3, -0.25) is 4.57 Å². The van der Waals surface area contributed by atoms with Gasteiger partial charge in [0.1, 0.15) is 5.82 Å². The van der Waals surface area contributed by atoms with Crippen LogP contribution in [-0.2, 0) is 12.4 Å². The molecule has 27 heavy (non-hydrogen) atoms. The molecule has 0 amide bonds. The molecule has 0 bridgehead atoms. The first kappa shape index (κ1) is 18.7. The Morgan fingerprint density at radius 3 is 2.33 bits per heavy atom. The van der Waals surface area contributed by atoms with E-state index in [0.717, 1.165) is 30.5 Å². The van der Waals surface area contributed by atoms with Crippen molar-refractivity contribution >= 4 is 16.7 Å². The van der Waals surface area contributed by atoms with Crippen LogP contribution < -0.4 is 11.0 Å². The lowest BCUT2D eigenvalue weighted by Gasteiger charge is -2.17. The quantitative estimate of drug-likeness (QED) is 0.678. The van der Waals surface area contributed by atoms with Gasteiger partial charge in [-0.25, -0.2) is 9.78 Å². The minimum absolute atomic E-state index is 0.0436. The molecule has 0 aliphatic heterocycles. The molecule has 0 aliphatic carbocycles. The van der Waals surface area contributed by atoms with E-state index in [4.69, 9.17) is 0 Å². The van der Waals surface area contributed by atoms with Crippen LogP contribution in [0.5, 0.6) is 0 Å². The van der Waals surface area contributed by atoms with Gasteiger partial charge in [-0.15, -0.1) is 0 Å². The normalized spacial score (nSPS) is 12.4. The first-order valence-electron chi connectivity index (χ1n) is 7.38. The molecule has 5 nitrogen and oxygen atoms in total. The standard InChI is InChI=1S/C16H10F6N4O/c1-23-13-9-5-4-8(15(17,18)19)7-11(9)26(14(27)25-13)10-3-2-6-24-12(10)16(20,21)22/h2-7H,1H3,(H,23,25,27). The predicted octanol–water partition coefficient (Wildman–Crippen LogP) is 3.86. The summed E-state index contributed by atoms with van der Waals surface area (Å²) in [6.07, 6.45) is -8.80. The number of fused-ring (bicyclic) bond motifs is 1. The van der Waals surface area contributed by atoms with Crippen LogP contribution in [0.4, 0.5) is 32.2 Å². The molecule has 3 aromatic rings. The molecule has 0 spiro atoms. The molecule has 0 fully saturated rings.